The number of carbonyl (C=O) groups excluding carboxylic acids is 1. The first kappa shape index (κ1) is 22.5. The zero-order valence-electron chi connectivity index (χ0n) is 18.0. The molecule has 33 heavy (non-hydrogen) atoms. The normalized spacial score (nSPS) is 10.7. The van der Waals surface area contributed by atoms with Crippen molar-refractivity contribution >= 4 is 33.8 Å². The molecule has 0 aliphatic heterocycles. The summed E-state index contributed by atoms with van der Waals surface area (Å²) in [5, 5.41) is 8.80. The van der Waals surface area contributed by atoms with E-state index in [1.54, 1.807) is 4.57 Å². The summed E-state index contributed by atoms with van der Waals surface area (Å²) in [4.78, 5) is 13.1. The van der Waals surface area contributed by atoms with E-state index in [0.29, 0.717) is 17.7 Å². The highest BCUT2D eigenvalue weighted by atomic mass is 79.9. The fourth-order valence-electron chi connectivity index (χ4n) is 4.09. The Hall–Kier alpha value is -3.70. The van der Waals surface area contributed by atoms with Gasteiger partial charge in [-0.15, -0.1) is 17.0 Å². The highest BCUT2D eigenvalue weighted by Gasteiger charge is 2.15. The number of carbonyl (C=O) groups is 1. The van der Waals surface area contributed by atoms with E-state index in [1.165, 1.54) is 0 Å². The van der Waals surface area contributed by atoms with E-state index in [9.17, 15) is 4.79 Å². The molecule has 4 nitrogen and oxygen atoms in total. The van der Waals surface area contributed by atoms with Crippen LogP contribution < -0.4 is 5.62 Å². The summed E-state index contributed by atoms with van der Waals surface area (Å²) < 4.78 is 3.75. The van der Waals surface area contributed by atoms with Crippen molar-refractivity contribution in [1.29, 1.82) is 5.41 Å². The second-order valence-electron chi connectivity index (χ2n) is 7.84. The van der Waals surface area contributed by atoms with Crippen molar-refractivity contribution in [2.24, 2.45) is 0 Å². The molecule has 0 radical (unpaired) electrons. The molecule has 0 amide bonds. The van der Waals surface area contributed by atoms with Gasteiger partial charge in [-0.25, -0.2) is 0 Å². The molecule has 0 spiro atoms. The minimum Gasteiger partial charge on any atom is -0.306 e. The number of fused-ring (bicyclic) bond motifs is 1. The Morgan fingerprint density at radius 2 is 1.15 bits per heavy atom. The summed E-state index contributed by atoms with van der Waals surface area (Å²) in [6, 6.07) is 35.8. The van der Waals surface area contributed by atoms with Gasteiger partial charge in [0.05, 0.1) is 24.1 Å². The SMILES string of the molecule is Br.N=c1n(CC(=O)c2ccc(-c3ccccc3)cc2)c2ccccc2n1Cc1ccccc1. The van der Waals surface area contributed by atoms with Crippen LogP contribution in [-0.2, 0) is 13.1 Å². The van der Waals surface area contributed by atoms with Crippen LogP contribution in [0.3, 0.4) is 0 Å². The van der Waals surface area contributed by atoms with Gasteiger partial charge in [0.1, 0.15) is 0 Å². The quantitative estimate of drug-likeness (QED) is 0.283. The maximum atomic E-state index is 13.1. The van der Waals surface area contributed by atoms with Crippen LogP contribution in [0.2, 0.25) is 0 Å². The number of hydrogen-bond acceptors (Lipinski definition) is 2. The summed E-state index contributed by atoms with van der Waals surface area (Å²) in [5.74, 6) is -0.00859. The van der Waals surface area contributed by atoms with Crippen molar-refractivity contribution in [1.82, 2.24) is 9.13 Å². The topological polar surface area (TPSA) is 50.8 Å². The van der Waals surface area contributed by atoms with Gasteiger partial charge in [-0.1, -0.05) is 97.1 Å². The minimum absolute atomic E-state index is 0. The number of nitrogens with zero attached hydrogens (tertiary/aromatic N) is 2. The molecule has 0 saturated carbocycles. The summed E-state index contributed by atoms with van der Waals surface area (Å²) in [5.41, 5.74) is 6.14. The Morgan fingerprint density at radius 3 is 1.79 bits per heavy atom. The number of imidazole rings is 1. The van der Waals surface area contributed by atoms with Crippen molar-refractivity contribution in [3.05, 3.63) is 126 Å². The molecule has 1 heterocycles. The van der Waals surface area contributed by atoms with E-state index in [0.717, 1.165) is 27.7 Å². The van der Waals surface area contributed by atoms with Crippen molar-refractivity contribution < 1.29 is 4.79 Å². The first-order valence-electron chi connectivity index (χ1n) is 10.7. The number of rotatable bonds is 6. The molecule has 164 valence electrons. The van der Waals surface area contributed by atoms with E-state index >= 15 is 0 Å². The lowest BCUT2D eigenvalue weighted by Crippen LogP contribution is -2.27. The lowest BCUT2D eigenvalue weighted by Gasteiger charge is -2.07. The monoisotopic (exact) mass is 497 g/mol. The smallest absolute Gasteiger partial charge is 0.203 e. The molecule has 0 fully saturated rings. The number of halogens is 1. The van der Waals surface area contributed by atoms with Gasteiger partial charge in [0.25, 0.3) is 0 Å². The average Bonchev–Trinajstić information content (AvgIpc) is 3.11. The molecule has 4 aromatic carbocycles. The fraction of sp³-hybridized carbons (Fsp3) is 0.0714. The van der Waals surface area contributed by atoms with Crippen molar-refractivity contribution in [3.8, 4) is 11.1 Å². The number of ketones is 1. The molecule has 1 N–H and O–H groups in total. The second kappa shape index (κ2) is 9.84. The molecular formula is C28H24BrN3O. The summed E-state index contributed by atoms with van der Waals surface area (Å²) >= 11 is 0. The van der Waals surface area contributed by atoms with Crippen molar-refractivity contribution in [2.45, 2.75) is 13.1 Å². The second-order valence-corrected chi connectivity index (χ2v) is 7.84. The van der Waals surface area contributed by atoms with Gasteiger partial charge in [-0.3, -0.25) is 10.2 Å². The lowest BCUT2D eigenvalue weighted by molar-refractivity contribution is 0.0971. The van der Waals surface area contributed by atoms with E-state index in [-0.39, 0.29) is 29.3 Å². The van der Waals surface area contributed by atoms with E-state index < -0.39 is 0 Å². The number of nitrogens with one attached hydrogen (secondary N) is 1. The fourth-order valence-corrected chi connectivity index (χ4v) is 4.09. The Morgan fingerprint density at radius 1 is 0.636 bits per heavy atom. The van der Waals surface area contributed by atoms with Crippen LogP contribution in [0.15, 0.2) is 109 Å². The average molecular weight is 498 g/mol. The summed E-state index contributed by atoms with van der Waals surface area (Å²) in [6.07, 6.45) is 0. The van der Waals surface area contributed by atoms with Crippen LogP contribution in [0.25, 0.3) is 22.2 Å². The molecule has 0 aliphatic rings. The Bertz CT molecular complexity index is 1440. The number of hydrogen-bond donors (Lipinski definition) is 1. The van der Waals surface area contributed by atoms with Crippen LogP contribution in [0.4, 0.5) is 0 Å². The Kier molecular flexibility index (Phi) is 6.71. The van der Waals surface area contributed by atoms with E-state index in [1.807, 2.05) is 89.5 Å². The maximum absolute atomic E-state index is 13.1. The predicted octanol–water partition coefficient (Wildman–Crippen LogP) is 6.10. The van der Waals surface area contributed by atoms with Crippen LogP contribution >= 0.6 is 17.0 Å². The molecule has 5 aromatic rings. The minimum atomic E-state index is -0.00859. The maximum Gasteiger partial charge on any atom is 0.203 e. The number of Topliss-reactive ketones (excluding diaryl/α,β-unsaturated/α-hetero) is 1. The summed E-state index contributed by atoms with van der Waals surface area (Å²) in [7, 11) is 0. The van der Waals surface area contributed by atoms with Gasteiger partial charge in [-0.05, 0) is 28.8 Å². The lowest BCUT2D eigenvalue weighted by atomic mass is 10.0. The molecular weight excluding hydrogens is 474 g/mol. The van der Waals surface area contributed by atoms with Crippen molar-refractivity contribution in [3.63, 3.8) is 0 Å². The van der Waals surface area contributed by atoms with Gasteiger partial charge in [-0.2, -0.15) is 0 Å². The third-order valence-electron chi connectivity index (χ3n) is 5.77. The van der Waals surface area contributed by atoms with Gasteiger partial charge < -0.3 is 9.13 Å². The molecule has 1 aromatic heterocycles. The van der Waals surface area contributed by atoms with Gasteiger partial charge >= 0.3 is 0 Å². The highest BCUT2D eigenvalue weighted by molar-refractivity contribution is 8.93. The third-order valence-corrected chi connectivity index (χ3v) is 5.77. The van der Waals surface area contributed by atoms with Crippen LogP contribution in [0.5, 0.6) is 0 Å². The van der Waals surface area contributed by atoms with Gasteiger partial charge in [0.2, 0.25) is 5.62 Å². The molecule has 0 saturated heterocycles. The predicted molar refractivity (Wildman–Crippen MR) is 138 cm³/mol. The number of benzene rings is 4. The zero-order valence-corrected chi connectivity index (χ0v) is 19.7. The molecule has 5 rings (SSSR count). The van der Waals surface area contributed by atoms with E-state index in [4.69, 9.17) is 5.41 Å². The first-order valence-corrected chi connectivity index (χ1v) is 10.7. The van der Waals surface area contributed by atoms with Gasteiger partial charge in [0.15, 0.2) is 5.78 Å². The van der Waals surface area contributed by atoms with Crippen LogP contribution in [-0.4, -0.2) is 14.9 Å². The Labute approximate surface area is 203 Å². The molecule has 0 bridgehead atoms. The molecule has 5 heteroatoms. The number of para-hydroxylation sites is 2. The molecule has 0 unspecified atom stereocenters. The highest BCUT2D eigenvalue weighted by Crippen LogP contribution is 2.20. The molecule has 0 atom stereocenters. The van der Waals surface area contributed by atoms with Gasteiger partial charge in [0, 0.05) is 5.56 Å². The standard InChI is InChI=1S/C28H23N3O.BrH/c29-28-30(19-21-9-3-1-4-10-21)25-13-7-8-14-26(25)31(28)20-27(32)24-17-15-23(16-18-24)22-11-5-2-6-12-22;/h1-18,29H,19-20H2;1H. The Balaban J connectivity index is 0.00000259. The van der Waals surface area contributed by atoms with Crippen LogP contribution in [0, 0.1) is 5.41 Å². The molecule has 0 aliphatic carbocycles. The third kappa shape index (κ3) is 4.59. The largest absolute Gasteiger partial charge is 0.306 e. The first-order chi connectivity index (χ1) is 15.7. The van der Waals surface area contributed by atoms with E-state index in [2.05, 4.69) is 24.3 Å². The van der Waals surface area contributed by atoms with Crippen molar-refractivity contribution in [2.75, 3.05) is 0 Å². The van der Waals surface area contributed by atoms with Crippen LogP contribution in [0.1, 0.15) is 15.9 Å². The summed E-state index contributed by atoms with van der Waals surface area (Å²) in [6.45, 7) is 0.721. The zero-order chi connectivity index (χ0) is 21.9. The number of aromatic nitrogens is 2.